The van der Waals surface area contributed by atoms with E-state index in [4.69, 9.17) is 16.3 Å². The minimum Gasteiger partial charge on any atom is -0.492 e. The Morgan fingerprint density at radius 1 is 1.50 bits per heavy atom. The SMILES string of the molecule is CCOc1cnc(COS(C)(=O)=O)c(Cl)c1. The molecule has 0 aliphatic rings. The van der Waals surface area contributed by atoms with Crippen molar-refractivity contribution in [2.75, 3.05) is 12.9 Å². The van der Waals surface area contributed by atoms with Crippen molar-refractivity contribution in [2.45, 2.75) is 13.5 Å². The number of ether oxygens (including phenoxy) is 1. The lowest BCUT2D eigenvalue weighted by atomic mass is 10.3. The van der Waals surface area contributed by atoms with E-state index >= 15 is 0 Å². The highest BCUT2D eigenvalue weighted by atomic mass is 35.5. The molecule has 0 fully saturated rings. The van der Waals surface area contributed by atoms with Crippen molar-refractivity contribution in [2.24, 2.45) is 0 Å². The zero-order valence-electron chi connectivity index (χ0n) is 8.94. The van der Waals surface area contributed by atoms with Gasteiger partial charge < -0.3 is 4.74 Å². The van der Waals surface area contributed by atoms with Gasteiger partial charge in [-0.2, -0.15) is 8.42 Å². The highest BCUT2D eigenvalue weighted by Crippen LogP contribution is 2.21. The fourth-order valence-electron chi connectivity index (χ4n) is 0.963. The summed E-state index contributed by atoms with van der Waals surface area (Å²) < 4.78 is 31.3. The summed E-state index contributed by atoms with van der Waals surface area (Å²) in [6.07, 6.45) is 2.44. The predicted molar refractivity (Wildman–Crippen MR) is 60.0 cm³/mol. The molecule has 0 radical (unpaired) electrons. The molecular formula is C9H12ClNO4S. The third kappa shape index (κ3) is 4.34. The molecule has 7 heteroatoms. The van der Waals surface area contributed by atoms with E-state index in [1.807, 2.05) is 6.92 Å². The Balaban J connectivity index is 2.75. The lowest BCUT2D eigenvalue weighted by molar-refractivity contribution is 0.305. The van der Waals surface area contributed by atoms with Gasteiger partial charge in [-0.3, -0.25) is 9.17 Å². The smallest absolute Gasteiger partial charge is 0.264 e. The molecule has 0 saturated heterocycles. The second-order valence-corrected chi connectivity index (χ2v) is 5.05. The van der Waals surface area contributed by atoms with Gasteiger partial charge in [0.2, 0.25) is 0 Å². The van der Waals surface area contributed by atoms with Crippen LogP contribution in [0.2, 0.25) is 5.02 Å². The Hall–Kier alpha value is -0.850. The molecule has 1 aromatic heterocycles. The molecular weight excluding hydrogens is 254 g/mol. The first kappa shape index (κ1) is 13.2. The van der Waals surface area contributed by atoms with E-state index in [2.05, 4.69) is 9.17 Å². The first-order chi connectivity index (χ1) is 7.42. The van der Waals surface area contributed by atoms with Crippen molar-refractivity contribution >= 4 is 21.7 Å². The van der Waals surface area contributed by atoms with Gasteiger partial charge in [-0.1, -0.05) is 11.6 Å². The summed E-state index contributed by atoms with van der Waals surface area (Å²) in [7, 11) is -3.49. The Kier molecular flexibility index (Phi) is 4.52. The third-order valence-electron chi connectivity index (χ3n) is 1.61. The van der Waals surface area contributed by atoms with Crippen LogP contribution in [0.5, 0.6) is 5.75 Å². The largest absolute Gasteiger partial charge is 0.492 e. The minimum absolute atomic E-state index is 0.177. The zero-order valence-corrected chi connectivity index (χ0v) is 10.5. The average molecular weight is 266 g/mol. The summed E-state index contributed by atoms with van der Waals surface area (Å²) in [5.74, 6) is 0.538. The summed E-state index contributed by atoms with van der Waals surface area (Å²) >= 11 is 5.88. The number of rotatable bonds is 5. The summed E-state index contributed by atoms with van der Waals surface area (Å²) in [5, 5.41) is 0.314. The van der Waals surface area contributed by atoms with Gasteiger partial charge in [-0.05, 0) is 6.92 Å². The van der Waals surface area contributed by atoms with Crippen LogP contribution in [-0.2, 0) is 20.9 Å². The van der Waals surface area contributed by atoms with E-state index < -0.39 is 10.1 Å². The minimum atomic E-state index is -3.49. The number of aromatic nitrogens is 1. The van der Waals surface area contributed by atoms with Crippen molar-refractivity contribution < 1.29 is 17.3 Å². The highest BCUT2D eigenvalue weighted by molar-refractivity contribution is 7.85. The van der Waals surface area contributed by atoms with E-state index in [1.54, 1.807) is 6.07 Å². The third-order valence-corrected chi connectivity index (χ3v) is 2.49. The number of pyridine rings is 1. The van der Waals surface area contributed by atoms with E-state index in [0.717, 1.165) is 6.26 Å². The average Bonchev–Trinajstić information content (AvgIpc) is 2.15. The molecule has 0 atom stereocenters. The van der Waals surface area contributed by atoms with E-state index in [9.17, 15) is 8.42 Å². The standard InChI is InChI=1S/C9H12ClNO4S/c1-3-14-7-4-8(10)9(11-5-7)6-15-16(2,12)13/h4-5H,3,6H2,1-2H3. The van der Waals surface area contributed by atoms with Gasteiger partial charge >= 0.3 is 0 Å². The van der Waals surface area contributed by atoms with Gasteiger partial charge in [-0.25, -0.2) is 0 Å². The molecule has 0 saturated carbocycles. The van der Waals surface area contributed by atoms with Crippen LogP contribution in [0.1, 0.15) is 12.6 Å². The Morgan fingerprint density at radius 3 is 2.69 bits per heavy atom. The maximum absolute atomic E-state index is 10.8. The molecule has 0 spiro atoms. The van der Waals surface area contributed by atoms with Crippen LogP contribution in [-0.4, -0.2) is 26.3 Å². The highest BCUT2D eigenvalue weighted by Gasteiger charge is 2.08. The van der Waals surface area contributed by atoms with Gasteiger partial charge in [0, 0.05) is 6.07 Å². The molecule has 1 aromatic rings. The molecule has 0 bridgehead atoms. The second kappa shape index (κ2) is 5.47. The fraction of sp³-hybridized carbons (Fsp3) is 0.444. The van der Waals surface area contributed by atoms with Crippen molar-refractivity contribution in [3.05, 3.63) is 23.0 Å². The summed E-state index contributed by atoms with van der Waals surface area (Å²) in [4.78, 5) is 3.95. The van der Waals surface area contributed by atoms with Gasteiger partial charge in [0.15, 0.2) is 0 Å². The topological polar surface area (TPSA) is 65.5 Å². The number of halogens is 1. The molecule has 0 unspecified atom stereocenters. The van der Waals surface area contributed by atoms with Crippen molar-refractivity contribution in [3.63, 3.8) is 0 Å². The van der Waals surface area contributed by atoms with E-state index in [-0.39, 0.29) is 6.61 Å². The molecule has 0 N–H and O–H groups in total. The molecule has 0 aliphatic carbocycles. The second-order valence-electron chi connectivity index (χ2n) is 3.00. The van der Waals surface area contributed by atoms with E-state index in [0.29, 0.717) is 23.1 Å². The van der Waals surface area contributed by atoms with Gasteiger partial charge in [0.05, 0.1) is 29.8 Å². The molecule has 16 heavy (non-hydrogen) atoms. The molecule has 90 valence electrons. The predicted octanol–water partition coefficient (Wildman–Crippen LogP) is 1.61. The first-order valence-corrected chi connectivity index (χ1v) is 6.73. The van der Waals surface area contributed by atoms with Crippen LogP contribution < -0.4 is 4.74 Å². The van der Waals surface area contributed by atoms with E-state index in [1.165, 1.54) is 6.20 Å². The summed E-state index contributed by atoms with van der Waals surface area (Å²) in [6, 6.07) is 1.57. The Morgan fingerprint density at radius 2 is 2.19 bits per heavy atom. The molecule has 0 aliphatic heterocycles. The summed E-state index contributed by atoms with van der Waals surface area (Å²) in [5.41, 5.74) is 0.357. The lowest BCUT2D eigenvalue weighted by Crippen LogP contribution is -2.04. The van der Waals surface area contributed by atoms with Crippen LogP contribution in [0.25, 0.3) is 0 Å². The monoisotopic (exact) mass is 265 g/mol. The normalized spacial score (nSPS) is 11.4. The van der Waals surface area contributed by atoms with Crippen LogP contribution in [0.4, 0.5) is 0 Å². The number of hydrogen-bond acceptors (Lipinski definition) is 5. The molecule has 1 heterocycles. The van der Waals surface area contributed by atoms with Crippen LogP contribution in [0, 0.1) is 0 Å². The molecule has 0 aromatic carbocycles. The van der Waals surface area contributed by atoms with Crippen molar-refractivity contribution in [3.8, 4) is 5.75 Å². The summed E-state index contributed by atoms with van der Waals surface area (Å²) in [6.45, 7) is 2.18. The molecule has 1 rings (SSSR count). The van der Waals surface area contributed by atoms with Gasteiger partial charge in [0.1, 0.15) is 12.4 Å². The number of nitrogens with zero attached hydrogens (tertiary/aromatic N) is 1. The first-order valence-electron chi connectivity index (χ1n) is 4.54. The van der Waals surface area contributed by atoms with Crippen LogP contribution >= 0.6 is 11.6 Å². The molecule has 0 amide bonds. The van der Waals surface area contributed by atoms with Gasteiger partial charge in [0.25, 0.3) is 10.1 Å². The van der Waals surface area contributed by atoms with Crippen LogP contribution in [0.3, 0.4) is 0 Å². The fourth-order valence-corrected chi connectivity index (χ4v) is 1.50. The lowest BCUT2D eigenvalue weighted by Gasteiger charge is -2.06. The van der Waals surface area contributed by atoms with Crippen molar-refractivity contribution in [1.82, 2.24) is 4.98 Å². The maximum atomic E-state index is 10.8. The van der Waals surface area contributed by atoms with Crippen molar-refractivity contribution in [1.29, 1.82) is 0 Å². The van der Waals surface area contributed by atoms with Gasteiger partial charge in [-0.15, -0.1) is 0 Å². The Bertz CT molecular complexity index is 461. The molecule has 5 nitrogen and oxygen atoms in total. The Labute approximate surface area is 99.5 Å². The quantitative estimate of drug-likeness (QED) is 0.757. The zero-order chi connectivity index (χ0) is 12.2. The maximum Gasteiger partial charge on any atom is 0.264 e. The number of hydrogen-bond donors (Lipinski definition) is 0. The van der Waals surface area contributed by atoms with Crippen LogP contribution in [0.15, 0.2) is 12.3 Å².